The number of carbonyl (C=O) groups is 1. The molecule has 2 aliphatic carbocycles. The minimum atomic E-state index is -4.57. The molecule has 0 saturated heterocycles. The minimum Gasteiger partial charge on any atom is -0.273 e. The van der Waals surface area contributed by atoms with E-state index in [-0.39, 0.29) is 5.57 Å². The number of benzene rings is 1. The molecule has 0 aromatic heterocycles. The summed E-state index contributed by atoms with van der Waals surface area (Å²) in [4.78, 5) is 13.6. The molecule has 2 N–H and O–H groups in total. The Morgan fingerprint density at radius 2 is 1.81 bits per heavy atom. The SMILES string of the molecule is O=C(NNS(=O)(=O)c1ccc(C(F)(F)F)cc1)C1=C=C2CC=CC=C2C=C1. The van der Waals surface area contributed by atoms with E-state index in [0.29, 0.717) is 18.6 Å². The molecule has 0 saturated carbocycles. The van der Waals surface area contributed by atoms with Crippen molar-refractivity contribution in [2.45, 2.75) is 17.5 Å². The molecule has 9 heteroatoms. The van der Waals surface area contributed by atoms with Crippen molar-refractivity contribution in [2.24, 2.45) is 0 Å². The lowest BCUT2D eigenvalue weighted by atomic mass is 9.94. The van der Waals surface area contributed by atoms with Gasteiger partial charge in [-0.3, -0.25) is 10.2 Å². The zero-order valence-corrected chi connectivity index (χ0v) is 14.5. The Labute approximate surface area is 153 Å². The molecule has 3 rings (SSSR count). The molecule has 0 unspecified atom stereocenters. The maximum absolute atomic E-state index is 12.5. The fourth-order valence-electron chi connectivity index (χ4n) is 2.43. The first kappa shape index (κ1) is 18.9. The molecule has 0 fully saturated rings. The van der Waals surface area contributed by atoms with Crippen LogP contribution in [0.5, 0.6) is 0 Å². The molecule has 2 aliphatic rings. The molecule has 1 aromatic carbocycles. The molecule has 140 valence electrons. The van der Waals surface area contributed by atoms with Gasteiger partial charge in [0.2, 0.25) is 0 Å². The second-order valence-corrected chi connectivity index (χ2v) is 7.37. The van der Waals surface area contributed by atoms with Gasteiger partial charge in [0.15, 0.2) is 0 Å². The second-order valence-electron chi connectivity index (χ2n) is 5.69. The Balaban J connectivity index is 1.72. The number of amides is 1. The van der Waals surface area contributed by atoms with Crippen molar-refractivity contribution in [3.63, 3.8) is 0 Å². The maximum atomic E-state index is 12.5. The van der Waals surface area contributed by atoms with Crippen LogP contribution in [-0.2, 0) is 21.0 Å². The summed E-state index contributed by atoms with van der Waals surface area (Å²) < 4.78 is 61.9. The van der Waals surface area contributed by atoms with Gasteiger partial charge in [0.25, 0.3) is 15.9 Å². The van der Waals surface area contributed by atoms with Crippen LogP contribution in [-0.4, -0.2) is 14.3 Å². The van der Waals surface area contributed by atoms with Crippen LogP contribution in [0.3, 0.4) is 0 Å². The molecule has 0 aliphatic heterocycles. The first-order valence-corrected chi connectivity index (χ1v) is 9.20. The highest BCUT2D eigenvalue weighted by molar-refractivity contribution is 7.89. The third kappa shape index (κ3) is 4.28. The lowest BCUT2D eigenvalue weighted by Gasteiger charge is -2.13. The molecule has 0 radical (unpaired) electrons. The van der Waals surface area contributed by atoms with Gasteiger partial charge in [-0.25, -0.2) is 8.42 Å². The van der Waals surface area contributed by atoms with Crippen molar-refractivity contribution in [3.05, 3.63) is 82.7 Å². The number of fused-ring (bicyclic) bond motifs is 1. The number of carbonyl (C=O) groups excluding carboxylic acids is 1. The average Bonchev–Trinajstić information content (AvgIpc) is 2.65. The van der Waals surface area contributed by atoms with Crippen LogP contribution < -0.4 is 10.3 Å². The van der Waals surface area contributed by atoms with E-state index < -0.39 is 32.6 Å². The Hall–Kier alpha value is -2.87. The van der Waals surface area contributed by atoms with Crippen LogP contribution in [0.4, 0.5) is 13.2 Å². The molecule has 1 amide bonds. The first-order chi connectivity index (χ1) is 12.7. The van der Waals surface area contributed by atoms with E-state index in [2.05, 4.69) is 5.73 Å². The minimum absolute atomic E-state index is 0.132. The van der Waals surface area contributed by atoms with E-state index in [1.165, 1.54) is 6.08 Å². The number of sulfonamides is 1. The maximum Gasteiger partial charge on any atom is 0.416 e. The number of rotatable bonds is 4. The highest BCUT2D eigenvalue weighted by atomic mass is 32.2. The highest BCUT2D eigenvalue weighted by Crippen LogP contribution is 2.29. The molecule has 27 heavy (non-hydrogen) atoms. The molecular weight excluding hydrogens is 381 g/mol. The first-order valence-electron chi connectivity index (χ1n) is 7.71. The monoisotopic (exact) mass is 394 g/mol. The van der Waals surface area contributed by atoms with Crippen LogP contribution in [0.2, 0.25) is 0 Å². The summed E-state index contributed by atoms with van der Waals surface area (Å²) in [6.07, 6.45) is 4.89. The van der Waals surface area contributed by atoms with Gasteiger partial charge in [0.1, 0.15) is 0 Å². The smallest absolute Gasteiger partial charge is 0.273 e. The standard InChI is InChI=1S/C18H13F3N2O3S/c19-18(20,21)15-7-9-16(10-8-15)27(25,26)23-22-17(24)14-6-5-12-3-1-2-4-13(12)11-14/h1-3,5-10,23H,4H2,(H,22,24). The highest BCUT2D eigenvalue weighted by Gasteiger charge is 2.30. The van der Waals surface area contributed by atoms with Crippen LogP contribution in [0, 0.1) is 0 Å². The molecule has 0 bridgehead atoms. The van der Waals surface area contributed by atoms with Gasteiger partial charge in [-0.05, 0) is 42.3 Å². The van der Waals surface area contributed by atoms with E-state index in [1.54, 1.807) is 6.08 Å². The van der Waals surface area contributed by atoms with Crippen molar-refractivity contribution in [1.29, 1.82) is 0 Å². The van der Waals surface area contributed by atoms with Crippen molar-refractivity contribution >= 4 is 15.9 Å². The normalized spacial score (nSPS) is 16.2. The van der Waals surface area contributed by atoms with Crippen LogP contribution in [0.15, 0.2) is 82.0 Å². The largest absolute Gasteiger partial charge is 0.416 e. The van der Waals surface area contributed by atoms with Gasteiger partial charge in [-0.2, -0.15) is 13.2 Å². The Kier molecular flexibility index (Phi) is 4.93. The molecule has 5 nitrogen and oxygen atoms in total. The molecular formula is C18H13F3N2O3S. The second kappa shape index (κ2) is 7.03. The van der Waals surface area contributed by atoms with Gasteiger partial charge in [-0.15, -0.1) is 10.6 Å². The zero-order valence-electron chi connectivity index (χ0n) is 13.7. The van der Waals surface area contributed by atoms with Gasteiger partial charge in [0.05, 0.1) is 16.0 Å². The van der Waals surface area contributed by atoms with Gasteiger partial charge in [0, 0.05) is 5.57 Å². The number of hydrogen-bond acceptors (Lipinski definition) is 3. The summed E-state index contributed by atoms with van der Waals surface area (Å²) in [6.45, 7) is 0. The molecule has 0 atom stereocenters. The van der Waals surface area contributed by atoms with E-state index in [9.17, 15) is 26.4 Å². The summed E-state index contributed by atoms with van der Waals surface area (Å²) in [5.74, 6) is -0.733. The van der Waals surface area contributed by atoms with Gasteiger partial charge >= 0.3 is 6.18 Å². The lowest BCUT2D eigenvalue weighted by Crippen LogP contribution is -2.42. The fraction of sp³-hybridized carbons (Fsp3) is 0.111. The summed E-state index contributed by atoms with van der Waals surface area (Å²) in [6, 6.07) is 2.92. The number of hydrogen-bond donors (Lipinski definition) is 2. The lowest BCUT2D eigenvalue weighted by molar-refractivity contribution is -0.137. The Bertz CT molecular complexity index is 1040. The number of allylic oxidation sites excluding steroid dienone is 5. The summed E-state index contributed by atoms with van der Waals surface area (Å²) in [7, 11) is -4.22. The number of nitrogens with one attached hydrogen (secondary N) is 2. The Morgan fingerprint density at radius 3 is 2.48 bits per heavy atom. The van der Waals surface area contributed by atoms with E-state index in [4.69, 9.17) is 0 Å². The number of hydrazine groups is 1. The van der Waals surface area contributed by atoms with Crippen molar-refractivity contribution in [2.75, 3.05) is 0 Å². The van der Waals surface area contributed by atoms with Crippen LogP contribution in [0.1, 0.15) is 12.0 Å². The van der Waals surface area contributed by atoms with Crippen molar-refractivity contribution < 1.29 is 26.4 Å². The van der Waals surface area contributed by atoms with Crippen molar-refractivity contribution in [1.82, 2.24) is 10.3 Å². The average molecular weight is 394 g/mol. The van der Waals surface area contributed by atoms with Crippen molar-refractivity contribution in [3.8, 4) is 0 Å². The van der Waals surface area contributed by atoms with E-state index in [1.807, 2.05) is 28.5 Å². The third-order valence-electron chi connectivity index (χ3n) is 3.83. The summed E-state index contributed by atoms with van der Waals surface area (Å²) >= 11 is 0. The van der Waals surface area contributed by atoms with Gasteiger partial charge in [-0.1, -0.05) is 24.3 Å². The molecule has 0 heterocycles. The number of halogens is 3. The summed E-state index contributed by atoms with van der Waals surface area (Å²) in [5, 5.41) is 0. The fourth-order valence-corrected chi connectivity index (χ4v) is 3.27. The molecule has 1 aromatic rings. The van der Waals surface area contributed by atoms with Crippen LogP contribution >= 0.6 is 0 Å². The zero-order chi connectivity index (χ0) is 19.7. The van der Waals surface area contributed by atoms with E-state index in [0.717, 1.165) is 23.3 Å². The number of alkyl halides is 3. The van der Waals surface area contributed by atoms with Crippen LogP contribution in [0.25, 0.3) is 0 Å². The predicted octanol–water partition coefficient (Wildman–Crippen LogP) is 2.92. The predicted molar refractivity (Wildman–Crippen MR) is 91.4 cm³/mol. The summed E-state index contributed by atoms with van der Waals surface area (Å²) in [5.41, 5.74) is 5.82. The Morgan fingerprint density at radius 1 is 1.11 bits per heavy atom. The third-order valence-corrected chi connectivity index (χ3v) is 5.10. The molecule has 0 spiro atoms. The quantitative estimate of drug-likeness (QED) is 0.609. The van der Waals surface area contributed by atoms with E-state index >= 15 is 0 Å². The topological polar surface area (TPSA) is 75.3 Å². The van der Waals surface area contributed by atoms with Gasteiger partial charge < -0.3 is 0 Å².